The first-order chi connectivity index (χ1) is 8.93. The quantitative estimate of drug-likeness (QED) is 0.690. The molecule has 0 heterocycles. The Morgan fingerprint density at radius 1 is 1.37 bits per heavy atom. The van der Waals surface area contributed by atoms with E-state index in [9.17, 15) is 9.59 Å². The summed E-state index contributed by atoms with van der Waals surface area (Å²) in [7, 11) is 0. The molecule has 19 heavy (non-hydrogen) atoms. The van der Waals surface area contributed by atoms with Crippen LogP contribution in [0.15, 0.2) is 18.2 Å². The fourth-order valence-corrected chi connectivity index (χ4v) is 2.79. The molecule has 0 unspecified atom stereocenters. The van der Waals surface area contributed by atoms with Crippen molar-refractivity contribution in [1.29, 1.82) is 0 Å². The summed E-state index contributed by atoms with van der Waals surface area (Å²) in [5, 5.41) is 14.6. The Hall–Kier alpha value is -1.02. The lowest BCUT2D eigenvalue weighted by Crippen LogP contribution is -2.60. The molecule has 0 spiro atoms. The maximum Gasteiger partial charge on any atom is 0.329 e. The van der Waals surface area contributed by atoms with Crippen LogP contribution < -0.4 is 10.6 Å². The van der Waals surface area contributed by atoms with Crippen molar-refractivity contribution in [3.63, 3.8) is 0 Å². The van der Waals surface area contributed by atoms with Gasteiger partial charge in [0, 0.05) is 3.57 Å². The first-order valence-corrected chi connectivity index (χ1v) is 7.16. The van der Waals surface area contributed by atoms with Crippen LogP contribution in [0.1, 0.15) is 19.3 Å². The number of hydrogen-bond donors (Lipinski definition) is 3. The van der Waals surface area contributed by atoms with Crippen LogP contribution in [0.4, 0.5) is 10.5 Å². The number of aliphatic carboxylic acids is 1. The second-order valence-corrected chi connectivity index (χ2v) is 6.10. The van der Waals surface area contributed by atoms with Crippen LogP contribution in [0.2, 0.25) is 5.02 Å². The van der Waals surface area contributed by atoms with Gasteiger partial charge in [0.15, 0.2) is 0 Å². The van der Waals surface area contributed by atoms with E-state index in [1.807, 2.05) is 0 Å². The van der Waals surface area contributed by atoms with E-state index in [2.05, 4.69) is 33.2 Å². The van der Waals surface area contributed by atoms with Crippen molar-refractivity contribution < 1.29 is 14.7 Å². The van der Waals surface area contributed by atoms with Gasteiger partial charge in [0.1, 0.15) is 5.54 Å². The van der Waals surface area contributed by atoms with Gasteiger partial charge in [0.05, 0.1) is 10.7 Å². The van der Waals surface area contributed by atoms with Gasteiger partial charge < -0.3 is 15.7 Å². The zero-order valence-corrected chi connectivity index (χ0v) is 12.8. The number of carbonyl (C=O) groups is 2. The Morgan fingerprint density at radius 3 is 2.53 bits per heavy atom. The van der Waals surface area contributed by atoms with E-state index in [0.717, 1.165) is 9.99 Å². The zero-order chi connectivity index (χ0) is 14.0. The highest BCUT2D eigenvalue weighted by atomic mass is 127. The van der Waals surface area contributed by atoms with Crippen molar-refractivity contribution >= 4 is 51.9 Å². The molecule has 0 saturated heterocycles. The minimum absolute atomic E-state index is 0.417. The van der Waals surface area contributed by atoms with E-state index in [-0.39, 0.29) is 0 Å². The van der Waals surface area contributed by atoms with Crippen LogP contribution in [0.3, 0.4) is 0 Å². The molecule has 2 rings (SSSR count). The van der Waals surface area contributed by atoms with E-state index in [4.69, 9.17) is 16.7 Å². The topological polar surface area (TPSA) is 78.4 Å². The zero-order valence-electron chi connectivity index (χ0n) is 9.87. The van der Waals surface area contributed by atoms with Crippen molar-refractivity contribution in [2.45, 2.75) is 24.8 Å². The number of hydrogen-bond acceptors (Lipinski definition) is 2. The van der Waals surface area contributed by atoms with Gasteiger partial charge >= 0.3 is 12.0 Å². The number of urea groups is 1. The van der Waals surface area contributed by atoms with Crippen LogP contribution in [-0.4, -0.2) is 22.6 Å². The summed E-state index contributed by atoms with van der Waals surface area (Å²) in [4.78, 5) is 22.9. The summed E-state index contributed by atoms with van der Waals surface area (Å²) in [6, 6.07) is 4.65. The molecule has 0 atom stereocenters. The molecule has 1 aromatic carbocycles. The molecule has 102 valence electrons. The number of amides is 2. The number of nitrogens with one attached hydrogen (secondary N) is 2. The van der Waals surface area contributed by atoms with Gasteiger partial charge in [0.2, 0.25) is 0 Å². The summed E-state index contributed by atoms with van der Waals surface area (Å²) in [5.41, 5.74) is -0.667. The van der Waals surface area contributed by atoms with Crippen molar-refractivity contribution in [3.05, 3.63) is 26.8 Å². The molecule has 0 aliphatic heterocycles. The number of carboxylic acids is 1. The number of rotatable bonds is 3. The summed E-state index contributed by atoms with van der Waals surface area (Å²) in [6.07, 6.45) is 1.71. The fraction of sp³-hybridized carbons (Fsp3) is 0.333. The molecule has 5 nitrogen and oxygen atoms in total. The Kier molecular flexibility index (Phi) is 4.19. The van der Waals surface area contributed by atoms with E-state index in [0.29, 0.717) is 23.6 Å². The number of benzene rings is 1. The second kappa shape index (κ2) is 5.54. The molecule has 1 fully saturated rings. The fourth-order valence-electron chi connectivity index (χ4n) is 1.88. The van der Waals surface area contributed by atoms with Gasteiger partial charge in [0.25, 0.3) is 0 Å². The second-order valence-electron chi connectivity index (χ2n) is 4.44. The average Bonchev–Trinajstić information content (AvgIpc) is 2.27. The molecule has 1 saturated carbocycles. The van der Waals surface area contributed by atoms with Crippen molar-refractivity contribution in [2.24, 2.45) is 0 Å². The van der Waals surface area contributed by atoms with Gasteiger partial charge in [-0.2, -0.15) is 0 Å². The molecule has 0 radical (unpaired) electrons. The first-order valence-electron chi connectivity index (χ1n) is 5.70. The summed E-state index contributed by atoms with van der Waals surface area (Å²) in [6.45, 7) is 0. The van der Waals surface area contributed by atoms with Crippen LogP contribution in [0.25, 0.3) is 0 Å². The van der Waals surface area contributed by atoms with Gasteiger partial charge in [-0.15, -0.1) is 0 Å². The van der Waals surface area contributed by atoms with E-state index in [1.165, 1.54) is 0 Å². The number of carbonyl (C=O) groups excluding carboxylic acids is 1. The molecule has 1 aliphatic carbocycles. The lowest BCUT2D eigenvalue weighted by molar-refractivity contribution is -0.148. The molecule has 3 N–H and O–H groups in total. The first kappa shape index (κ1) is 14.4. The minimum atomic E-state index is -1.13. The average molecular weight is 395 g/mol. The number of halogens is 2. The lowest BCUT2D eigenvalue weighted by atomic mass is 9.77. The van der Waals surface area contributed by atoms with Crippen LogP contribution in [-0.2, 0) is 4.79 Å². The molecule has 2 amide bonds. The monoisotopic (exact) mass is 394 g/mol. The smallest absolute Gasteiger partial charge is 0.329 e. The normalized spacial score (nSPS) is 16.3. The van der Waals surface area contributed by atoms with E-state index >= 15 is 0 Å². The Morgan fingerprint density at radius 2 is 2.05 bits per heavy atom. The molecule has 7 heteroatoms. The largest absolute Gasteiger partial charge is 0.480 e. The van der Waals surface area contributed by atoms with Gasteiger partial charge in [-0.3, -0.25) is 0 Å². The summed E-state index contributed by atoms with van der Waals surface area (Å²) >= 11 is 8.10. The third-order valence-corrected chi connectivity index (χ3v) is 4.13. The van der Waals surface area contributed by atoms with Crippen molar-refractivity contribution in [1.82, 2.24) is 5.32 Å². The van der Waals surface area contributed by atoms with E-state index in [1.54, 1.807) is 18.2 Å². The van der Waals surface area contributed by atoms with Crippen molar-refractivity contribution in [2.75, 3.05) is 5.32 Å². The van der Waals surface area contributed by atoms with Gasteiger partial charge in [-0.05, 0) is 60.1 Å². The predicted molar refractivity (Wildman–Crippen MR) is 80.5 cm³/mol. The maximum atomic E-state index is 11.8. The van der Waals surface area contributed by atoms with Crippen molar-refractivity contribution in [3.8, 4) is 0 Å². The van der Waals surface area contributed by atoms with Gasteiger partial charge in [-0.25, -0.2) is 9.59 Å². The van der Waals surface area contributed by atoms with Crippen LogP contribution >= 0.6 is 34.2 Å². The van der Waals surface area contributed by atoms with E-state index < -0.39 is 17.5 Å². The standard InChI is InChI=1S/C12H12ClIN2O3/c13-8-6-7(14)2-3-9(8)15-11(19)16-12(10(17)18)4-1-5-12/h2-3,6H,1,4-5H2,(H,17,18)(H2,15,16,19). The highest BCUT2D eigenvalue weighted by Crippen LogP contribution is 2.32. The molecule has 1 aliphatic rings. The predicted octanol–water partition coefficient (Wildman–Crippen LogP) is 3.07. The van der Waals surface area contributed by atoms with Crippen LogP contribution in [0, 0.1) is 3.57 Å². The Labute approximate surface area is 128 Å². The third-order valence-electron chi connectivity index (χ3n) is 3.15. The molecular formula is C12H12ClIN2O3. The number of carboxylic acid groups (broad SMARTS) is 1. The summed E-state index contributed by atoms with van der Waals surface area (Å²) in [5.74, 6) is -0.998. The molecule has 0 aromatic heterocycles. The molecular weight excluding hydrogens is 383 g/mol. The SMILES string of the molecule is O=C(Nc1ccc(I)cc1Cl)NC1(C(=O)O)CCC1. The maximum absolute atomic E-state index is 11.8. The minimum Gasteiger partial charge on any atom is -0.480 e. The molecule has 1 aromatic rings. The highest BCUT2D eigenvalue weighted by Gasteiger charge is 2.45. The Bertz CT molecular complexity index is 532. The highest BCUT2D eigenvalue weighted by molar-refractivity contribution is 14.1. The third kappa shape index (κ3) is 3.11. The van der Waals surface area contributed by atoms with Gasteiger partial charge in [-0.1, -0.05) is 11.6 Å². The lowest BCUT2D eigenvalue weighted by Gasteiger charge is -2.38. The molecule has 0 bridgehead atoms. The van der Waals surface area contributed by atoms with Crippen LogP contribution in [0.5, 0.6) is 0 Å². The Balaban J connectivity index is 2.03. The summed E-state index contributed by atoms with van der Waals surface area (Å²) < 4.78 is 0.953. The number of anilines is 1.